The van der Waals surface area contributed by atoms with Gasteiger partial charge in [0.05, 0.1) is 24.4 Å². The number of carbonyl (C=O) groups is 1. The molecule has 2 aromatic carbocycles. The van der Waals surface area contributed by atoms with Gasteiger partial charge in [0.15, 0.2) is 0 Å². The number of aromatic nitrogens is 2. The van der Waals surface area contributed by atoms with Gasteiger partial charge < -0.3 is 19.7 Å². The van der Waals surface area contributed by atoms with Crippen molar-refractivity contribution in [3.8, 4) is 5.75 Å². The molecule has 31 heavy (non-hydrogen) atoms. The summed E-state index contributed by atoms with van der Waals surface area (Å²) in [4.78, 5) is 23.7. The normalized spacial score (nSPS) is 17.6. The van der Waals surface area contributed by atoms with Crippen molar-refractivity contribution >= 4 is 34.0 Å². The van der Waals surface area contributed by atoms with E-state index in [0.717, 1.165) is 41.8 Å². The number of carbonyl (C=O) groups excluding carboxylic acids is 1. The number of fused-ring (bicyclic) bond motifs is 2. The number of ether oxygens (including phenoxy) is 2. The fraction of sp³-hybridized carbons (Fsp3) is 0.292. The highest BCUT2D eigenvalue weighted by Gasteiger charge is 2.25. The lowest BCUT2D eigenvalue weighted by Crippen LogP contribution is -2.19. The van der Waals surface area contributed by atoms with E-state index in [1.165, 1.54) is 5.56 Å². The van der Waals surface area contributed by atoms with Crippen molar-refractivity contribution in [2.75, 3.05) is 30.0 Å². The van der Waals surface area contributed by atoms with E-state index in [4.69, 9.17) is 9.47 Å². The summed E-state index contributed by atoms with van der Waals surface area (Å²) in [5.74, 6) is 1.14. The maximum atomic E-state index is 12.4. The van der Waals surface area contributed by atoms with E-state index in [1.54, 1.807) is 13.3 Å². The molecule has 1 saturated heterocycles. The first-order valence-electron chi connectivity index (χ1n) is 10.5. The van der Waals surface area contributed by atoms with Crippen molar-refractivity contribution in [1.29, 1.82) is 0 Å². The van der Waals surface area contributed by atoms with Crippen LogP contribution in [0.3, 0.4) is 0 Å². The third-order valence-electron chi connectivity index (χ3n) is 5.68. The van der Waals surface area contributed by atoms with Crippen LogP contribution in [0.25, 0.3) is 10.9 Å². The van der Waals surface area contributed by atoms with Crippen LogP contribution in [0, 0.1) is 0 Å². The molecule has 2 aliphatic rings. The predicted octanol–water partition coefficient (Wildman–Crippen LogP) is 4.01. The van der Waals surface area contributed by atoms with E-state index in [-0.39, 0.29) is 12.0 Å². The summed E-state index contributed by atoms with van der Waals surface area (Å²) in [6.07, 6.45) is 3.30. The molecule has 7 heteroatoms. The van der Waals surface area contributed by atoms with Crippen LogP contribution in [0.1, 0.15) is 18.9 Å². The Labute approximate surface area is 180 Å². The second-order valence-corrected chi connectivity index (χ2v) is 7.93. The number of rotatable bonds is 5. The number of nitrogens with one attached hydrogen (secondary N) is 1. The molecule has 0 aliphatic carbocycles. The SMILES string of the molecule is C=C(C)C(=O)Nc1cc2c(N3CCc4ccccc43)ncnc2cc1O[C@@H]1CCOC1. The van der Waals surface area contributed by atoms with Crippen LogP contribution < -0.4 is 15.0 Å². The number of amides is 1. The number of benzene rings is 2. The maximum Gasteiger partial charge on any atom is 0.250 e. The summed E-state index contributed by atoms with van der Waals surface area (Å²) in [5, 5.41) is 3.79. The third kappa shape index (κ3) is 3.72. The van der Waals surface area contributed by atoms with Crippen LogP contribution in [0.5, 0.6) is 5.75 Å². The molecule has 0 radical (unpaired) electrons. The van der Waals surface area contributed by atoms with Gasteiger partial charge in [-0.1, -0.05) is 24.8 Å². The van der Waals surface area contributed by atoms with E-state index in [1.807, 2.05) is 18.2 Å². The number of para-hydroxylation sites is 1. The van der Waals surface area contributed by atoms with Crippen LogP contribution in [0.4, 0.5) is 17.2 Å². The maximum absolute atomic E-state index is 12.4. The Bertz CT molecular complexity index is 1170. The number of hydrogen-bond donors (Lipinski definition) is 1. The Morgan fingerprint density at radius 1 is 1.29 bits per heavy atom. The fourth-order valence-corrected chi connectivity index (χ4v) is 4.05. The van der Waals surface area contributed by atoms with Gasteiger partial charge in [-0.25, -0.2) is 9.97 Å². The highest BCUT2D eigenvalue weighted by molar-refractivity contribution is 6.06. The molecular formula is C24H24N4O3. The minimum Gasteiger partial charge on any atom is -0.486 e. The largest absolute Gasteiger partial charge is 0.486 e. The van der Waals surface area contributed by atoms with Crippen molar-refractivity contribution < 1.29 is 14.3 Å². The lowest BCUT2D eigenvalue weighted by molar-refractivity contribution is -0.112. The fourth-order valence-electron chi connectivity index (χ4n) is 4.05. The van der Waals surface area contributed by atoms with E-state index in [0.29, 0.717) is 30.2 Å². The summed E-state index contributed by atoms with van der Waals surface area (Å²) in [6, 6.07) is 12.1. The Morgan fingerprint density at radius 2 is 2.16 bits per heavy atom. The van der Waals surface area contributed by atoms with Gasteiger partial charge in [-0.15, -0.1) is 0 Å². The average Bonchev–Trinajstić information content (AvgIpc) is 3.43. The lowest BCUT2D eigenvalue weighted by Gasteiger charge is -2.22. The van der Waals surface area contributed by atoms with Gasteiger partial charge in [-0.05, 0) is 31.0 Å². The second kappa shape index (κ2) is 8.00. The highest BCUT2D eigenvalue weighted by Crippen LogP contribution is 2.39. The highest BCUT2D eigenvalue weighted by atomic mass is 16.5. The van der Waals surface area contributed by atoms with E-state index in [2.05, 4.69) is 45.0 Å². The molecule has 1 atom stereocenters. The van der Waals surface area contributed by atoms with E-state index >= 15 is 0 Å². The lowest BCUT2D eigenvalue weighted by atomic mass is 10.1. The Balaban J connectivity index is 1.60. The Kier molecular flexibility index (Phi) is 5.03. The summed E-state index contributed by atoms with van der Waals surface area (Å²) < 4.78 is 11.6. The van der Waals surface area contributed by atoms with Gasteiger partial charge in [0, 0.05) is 35.7 Å². The van der Waals surface area contributed by atoms with Crippen LogP contribution in [0.15, 0.2) is 54.9 Å². The zero-order valence-electron chi connectivity index (χ0n) is 17.4. The number of nitrogens with zero attached hydrogens (tertiary/aromatic N) is 3. The Morgan fingerprint density at radius 3 is 2.97 bits per heavy atom. The standard InChI is InChI=1S/C24H24N4O3/c1-15(2)24(29)27-20-11-18-19(12-22(20)31-17-8-10-30-13-17)25-14-26-23(18)28-9-7-16-5-3-4-6-21(16)28/h3-6,11-12,14,17H,1,7-10,13H2,2H3,(H,27,29)/t17-/m1/s1. The summed E-state index contributed by atoms with van der Waals surface area (Å²) in [7, 11) is 0. The first-order valence-corrected chi connectivity index (χ1v) is 10.5. The molecule has 1 aromatic heterocycles. The molecule has 7 nitrogen and oxygen atoms in total. The molecule has 3 heterocycles. The van der Waals surface area contributed by atoms with Gasteiger partial charge in [-0.2, -0.15) is 0 Å². The molecule has 5 rings (SSSR count). The molecule has 0 spiro atoms. The summed E-state index contributed by atoms with van der Waals surface area (Å²) in [6.45, 7) is 7.47. The molecule has 1 fully saturated rings. The van der Waals surface area contributed by atoms with Crippen LogP contribution in [-0.2, 0) is 16.0 Å². The van der Waals surface area contributed by atoms with Crippen molar-refractivity contribution in [1.82, 2.24) is 9.97 Å². The molecule has 1 amide bonds. The zero-order valence-corrected chi connectivity index (χ0v) is 17.4. The number of anilines is 3. The predicted molar refractivity (Wildman–Crippen MR) is 120 cm³/mol. The summed E-state index contributed by atoms with van der Waals surface area (Å²) in [5.41, 5.74) is 4.21. The van der Waals surface area contributed by atoms with Crippen LogP contribution in [-0.4, -0.2) is 41.7 Å². The molecular weight excluding hydrogens is 392 g/mol. The van der Waals surface area contributed by atoms with Crippen molar-refractivity contribution in [2.45, 2.75) is 25.9 Å². The Hall–Kier alpha value is -3.45. The van der Waals surface area contributed by atoms with Crippen LogP contribution >= 0.6 is 0 Å². The molecule has 3 aromatic rings. The van der Waals surface area contributed by atoms with Gasteiger partial charge >= 0.3 is 0 Å². The minimum atomic E-state index is -0.253. The monoisotopic (exact) mass is 416 g/mol. The first kappa shape index (κ1) is 19.5. The molecule has 0 unspecified atom stereocenters. The third-order valence-corrected chi connectivity index (χ3v) is 5.68. The molecule has 2 aliphatic heterocycles. The van der Waals surface area contributed by atoms with Crippen molar-refractivity contribution in [3.05, 3.63) is 60.4 Å². The van der Waals surface area contributed by atoms with E-state index < -0.39 is 0 Å². The number of hydrogen-bond acceptors (Lipinski definition) is 6. The van der Waals surface area contributed by atoms with Gasteiger partial charge in [-0.3, -0.25) is 4.79 Å². The van der Waals surface area contributed by atoms with Gasteiger partial charge in [0.25, 0.3) is 5.91 Å². The molecule has 0 bridgehead atoms. The second-order valence-electron chi connectivity index (χ2n) is 7.93. The van der Waals surface area contributed by atoms with Crippen molar-refractivity contribution in [2.24, 2.45) is 0 Å². The topological polar surface area (TPSA) is 76.6 Å². The summed E-state index contributed by atoms with van der Waals surface area (Å²) >= 11 is 0. The zero-order chi connectivity index (χ0) is 21.4. The van der Waals surface area contributed by atoms with Gasteiger partial charge in [0.1, 0.15) is 24.0 Å². The first-order chi connectivity index (χ1) is 15.1. The quantitative estimate of drug-likeness (QED) is 0.634. The molecule has 1 N–H and O–H groups in total. The molecule has 158 valence electrons. The smallest absolute Gasteiger partial charge is 0.250 e. The molecule has 0 saturated carbocycles. The van der Waals surface area contributed by atoms with E-state index in [9.17, 15) is 4.79 Å². The average molecular weight is 416 g/mol. The minimum absolute atomic E-state index is 0.0512. The van der Waals surface area contributed by atoms with Gasteiger partial charge in [0.2, 0.25) is 0 Å². The van der Waals surface area contributed by atoms with Crippen molar-refractivity contribution in [3.63, 3.8) is 0 Å². The van der Waals surface area contributed by atoms with Crippen LogP contribution in [0.2, 0.25) is 0 Å².